The van der Waals surface area contributed by atoms with Gasteiger partial charge in [0.05, 0.1) is 17.5 Å². The summed E-state index contributed by atoms with van der Waals surface area (Å²) in [5, 5.41) is 6.12. The van der Waals surface area contributed by atoms with Gasteiger partial charge in [-0.05, 0) is 17.7 Å². The van der Waals surface area contributed by atoms with Crippen LogP contribution in [-0.4, -0.2) is 37.9 Å². The Balaban J connectivity index is 1.66. The number of carbonyl (C=O) groups is 1. The quantitative estimate of drug-likeness (QED) is 0.859. The fraction of sp³-hybridized carbons (Fsp3) is 0.278. The zero-order chi connectivity index (χ0) is 17.0. The molecule has 0 saturated carbocycles. The van der Waals surface area contributed by atoms with Gasteiger partial charge in [0.15, 0.2) is 9.84 Å². The molecule has 0 aromatic heterocycles. The summed E-state index contributed by atoms with van der Waals surface area (Å²) in [7, 11) is -3.15. The summed E-state index contributed by atoms with van der Waals surface area (Å²) in [4.78, 5) is 12.3. The third kappa shape index (κ3) is 4.21. The first kappa shape index (κ1) is 16.7. The van der Waals surface area contributed by atoms with Crippen LogP contribution in [0.5, 0.6) is 0 Å². The molecule has 126 valence electrons. The zero-order valence-corrected chi connectivity index (χ0v) is 14.0. The summed E-state index contributed by atoms with van der Waals surface area (Å²) in [5.41, 5.74) is 1.61. The highest BCUT2D eigenvalue weighted by Gasteiger charge is 2.38. The van der Waals surface area contributed by atoms with Crippen molar-refractivity contribution < 1.29 is 13.2 Å². The van der Waals surface area contributed by atoms with Crippen molar-refractivity contribution in [3.8, 4) is 0 Å². The van der Waals surface area contributed by atoms with Crippen LogP contribution in [0.25, 0.3) is 0 Å². The molecule has 6 heteroatoms. The molecule has 2 aromatic rings. The Kier molecular flexibility index (Phi) is 4.97. The number of rotatable bonds is 5. The highest BCUT2D eigenvalue weighted by molar-refractivity contribution is 7.91. The Hall–Kier alpha value is -2.18. The number of nitrogens with one attached hydrogen (secondary N) is 2. The Morgan fingerprint density at radius 2 is 1.50 bits per heavy atom. The van der Waals surface area contributed by atoms with Gasteiger partial charge in [-0.25, -0.2) is 8.42 Å². The van der Waals surface area contributed by atoms with E-state index in [9.17, 15) is 13.2 Å². The molecule has 24 heavy (non-hydrogen) atoms. The van der Waals surface area contributed by atoms with Gasteiger partial charge in [-0.2, -0.15) is 0 Å². The monoisotopic (exact) mass is 344 g/mol. The molecule has 0 aliphatic carbocycles. The lowest BCUT2D eigenvalue weighted by molar-refractivity contribution is 0.0935. The molecular formula is C18H20N2O3S. The first-order chi connectivity index (χ1) is 11.5. The van der Waals surface area contributed by atoms with Crippen LogP contribution in [0, 0.1) is 0 Å². The van der Waals surface area contributed by atoms with Gasteiger partial charge in [-0.3, -0.25) is 4.79 Å². The minimum atomic E-state index is -3.15. The van der Waals surface area contributed by atoms with Gasteiger partial charge in [-0.1, -0.05) is 48.5 Å². The van der Waals surface area contributed by atoms with E-state index in [1.807, 2.05) is 36.4 Å². The number of amides is 1. The van der Waals surface area contributed by atoms with Gasteiger partial charge < -0.3 is 10.6 Å². The second kappa shape index (κ2) is 7.15. The predicted molar refractivity (Wildman–Crippen MR) is 93.4 cm³/mol. The van der Waals surface area contributed by atoms with Gasteiger partial charge in [-0.15, -0.1) is 0 Å². The lowest BCUT2D eigenvalue weighted by Gasteiger charge is -2.21. The molecule has 1 aliphatic rings. The van der Waals surface area contributed by atoms with Crippen LogP contribution in [0.3, 0.4) is 0 Å². The molecule has 0 bridgehead atoms. The molecule has 2 N–H and O–H groups in total. The molecule has 2 atom stereocenters. The highest BCUT2D eigenvalue weighted by Crippen LogP contribution is 2.14. The minimum absolute atomic E-state index is 0.0297. The van der Waals surface area contributed by atoms with E-state index in [1.165, 1.54) is 0 Å². The second-order valence-corrected chi connectivity index (χ2v) is 8.15. The van der Waals surface area contributed by atoms with Crippen molar-refractivity contribution in [1.82, 2.24) is 10.6 Å². The van der Waals surface area contributed by atoms with E-state index in [-0.39, 0.29) is 23.5 Å². The van der Waals surface area contributed by atoms with Crippen LogP contribution in [0.1, 0.15) is 15.9 Å². The predicted octanol–water partition coefficient (Wildman–Crippen LogP) is 1.37. The van der Waals surface area contributed by atoms with Gasteiger partial charge >= 0.3 is 0 Å². The fourth-order valence-corrected chi connectivity index (χ4v) is 4.77. The molecule has 1 heterocycles. The first-order valence-electron chi connectivity index (χ1n) is 7.87. The molecule has 0 radical (unpaired) electrons. The van der Waals surface area contributed by atoms with Crippen molar-refractivity contribution in [3.05, 3.63) is 71.8 Å². The Labute approximate surface area is 142 Å². The van der Waals surface area contributed by atoms with E-state index < -0.39 is 15.9 Å². The summed E-state index contributed by atoms with van der Waals surface area (Å²) in [6.45, 7) is 0.568. The molecule has 3 rings (SSSR count). The average Bonchev–Trinajstić information content (AvgIpc) is 2.88. The van der Waals surface area contributed by atoms with Crippen molar-refractivity contribution in [3.63, 3.8) is 0 Å². The van der Waals surface area contributed by atoms with E-state index in [1.54, 1.807) is 24.3 Å². The van der Waals surface area contributed by atoms with Gasteiger partial charge in [0.1, 0.15) is 0 Å². The third-order valence-corrected chi connectivity index (χ3v) is 5.85. The maximum atomic E-state index is 12.3. The largest absolute Gasteiger partial charge is 0.347 e. The molecule has 1 amide bonds. The normalized spacial score (nSPS) is 22.2. The Morgan fingerprint density at radius 1 is 0.917 bits per heavy atom. The molecular weight excluding hydrogens is 324 g/mol. The maximum absolute atomic E-state index is 12.3. The molecule has 2 aromatic carbocycles. The van der Waals surface area contributed by atoms with Crippen LogP contribution in [0.4, 0.5) is 0 Å². The number of carbonyl (C=O) groups excluding carboxylic acids is 1. The van der Waals surface area contributed by atoms with Crippen molar-refractivity contribution in [2.45, 2.75) is 18.6 Å². The molecule has 1 aliphatic heterocycles. The van der Waals surface area contributed by atoms with Crippen LogP contribution >= 0.6 is 0 Å². The fourth-order valence-electron chi connectivity index (χ4n) is 2.88. The molecule has 5 nitrogen and oxygen atoms in total. The maximum Gasteiger partial charge on any atom is 0.251 e. The third-order valence-electron chi connectivity index (χ3n) is 4.12. The van der Waals surface area contributed by atoms with E-state index in [0.29, 0.717) is 12.1 Å². The van der Waals surface area contributed by atoms with E-state index in [0.717, 1.165) is 5.56 Å². The average molecular weight is 344 g/mol. The topological polar surface area (TPSA) is 75.3 Å². The smallest absolute Gasteiger partial charge is 0.251 e. The summed E-state index contributed by atoms with van der Waals surface area (Å²) >= 11 is 0. The van der Waals surface area contributed by atoms with E-state index in [4.69, 9.17) is 0 Å². The van der Waals surface area contributed by atoms with Crippen molar-refractivity contribution in [1.29, 1.82) is 0 Å². The number of benzene rings is 2. The Morgan fingerprint density at radius 3 is 2.17 bits per heavy atom. The molecule has 0 spiro atoms. The van der Waals surface area contributed by atoms with Crippen LogP contribution in [0.15, 0.2) is 60.7 Å². The van der Waals surface area contributed by atoms with Crippen LogP contribution in [0.2, 0.25) is 0 Å². The van der Waals surface area contributed by atoms with E-state index >= 15 is 0 Å². The summed E-state index contributed by atoms with van der Waals surface area (Å²) in [6, 6.07) is 17.9. The van der Waals surface area contributed by atoms with Gasteiger partial charge in [0.25, 0.3) is 5.91 Å². The number of hydrogen-bond donors (Lipinski definition) is 2. The van der Waals surface area contributed by atoms with E-state index in [2.05, 4.69) is 10.6 Å². The van der Waals surface area contributed by atoms with Crippen LogP contribution < -0.4 is 10.6 Å². The molecule has 0 unspecified atom stereocenters. The standard InChI is InChI=1S/C18H20N2O3S/c21-18(15-9-5-2-6-10-15)20-17-13-24(22,23)12-16(17)19-11-14-7-3-1-4-8-14/h1-10,16-17,19H,11-13H2,(H,20,21)/t16-,17-/m0/s1. The zero-order valence-electron chi connectivity index (χ0n) is 13.2. The molecule has 1 saturated heterocycles. The van der Waals surface area contributed by atoms with Gasteiger partial charge in [0.2, 0.25) is 0 Å². The second-order valence-electron chi connectivity index (χ2n) is 6.00. The lowest BCUT2D eigenvalue weighted by atomic mass is 10.1. The SMILES string of the molecule is O=C(N[C@H]1CS(=O)(=O)C[C@@H]1NCc1ccccc1)c1ccccc1. The summed E-state index contributed by atoms with van der Waals surface area (Å²) in [5.74, 6) is -0.235. The first-order valence-corrected chi connectivity index (χ1v) is 9.69. The highest BCUT2D eigenvalue weighted by atomic mass is 32.2. The molecule has 1 fully saturated rings. The minimum Gasteiger partial charge on any atom is -0.347 e. The summed E-state index contributed by atoms with van der Waals surface area (Å²) in [6.07, 6.45) is 0. The van der Waals surface area contributed by atoms with Crippen molar-refractivity contribution in [2.75, 3.05) is 11.5 Å². The van der Waals surface area contributed by atoms with Gasteiger partial charge in [0, 0.05) is 18.2 Å². The van der Waals surface area contributed by atoms with Crippen molar-refractivity contribution in [2.24, 2.45) is 0 Å². The lowest BCUT2D eigenvalue weighted by Crippen LogP contribution is -2.49. The summed E-state index contributed by atoms with van der Waals surface area (Å²) < 4.78 is 24.0. The van der Waals surface area contributed by atoms with Crippen LogP contribution in [-0.2, 0) is 16.4 Å². The number of hydrogen-bond acceptors (Lipinski definition) is 4. The van der Waals surface area contributed by atoms with Crippen molar-refractivity contribution >= 4 is 15.7 Å². The number of sulfone groups is 1. The Bertz CT molecular complexity index is 792.